The minimum Gasteiger partial charge on any atom is -0.396 e. The van der Waals surface area contributed by atoms with Crippen LogP contribution in [-0.2, 0) is 9.59 Å². The van der Waals surface area contributed by atoms with Gasteiger partial charge in [0.15, 0.2) is 11.7 Å². The number of amides is 2. The SMILES string of the molecule is CCCCCCCC/C=C(\F)C(=O)N[C@H]1CCC[C@H]1NC(=O)/C(F)=C/CCCCCCCO. The highest BCUT2D eigenvalue weighted by molar-refractivity contribution is 5.92. The van der Waals surface area contributed by atoms with Gasteiger partial charge in [0.2, 0.25) is 0 Å². The summed E-state index contributed by atoms with van der Waals surface area (Å²) < 4.78 is 28.3. The van der Waals surface area contributed by atoms with Crippen molar-refractivity contribution in [2.45, 2.75) is 122 Å². The third-order valence-corrected chi connectivity index (χ3v) is 6.15. The Labute approximate surface area is 198 Å². The fourth-order valence-corrected chi connectivity index (χ4v) is 4.13. The first-order valence-electron chi connectivity index (χ1n) is 12.9. The van der Waals surface area contributed by atoms with E-state index < -0.39 is 35.6 Å². The van der Waals surface area contributed by atoms with Gasteiger partial charge in [0, 0.05) is 18.7 Å². The Hall–Kier alpha value is -1.76. The van der Waals surface area contributed by atoms with E-state index in [9.17, 15) is 18.4 Å². The van der Waals surface area contributed by atoms with Crippen molar-refractivity contribution in [1.29, 1.82) is 0 Å². The van der Waals surface area contributed by atoms with E-state index in [4.69, 9.17) is 5.11 Å². The summed E-state index contributed by atoms with van der Waals surface area (Å²) in [6.45, 7) is 2.36. The van der Waals surface area contributed by atoms with Gasteiger partial charge in [0.1, 0.15) is 0 Å². The molecule has 0 aromatic rings. The van der Waals surface area contributed by atoms with Crippen LogP contribution in [0.4, 0.5) is 8.78 Å². The van der Waals surface area contributed by atoms with Gasteiger partial charge in [-0.1, -0.05) is 58.3 Å². The van der Waals surface area contributed by atoms with Crippen LogP contribution in [0, 0.1) is 0 Å². The zero-order chi connectivity index (χ0) is 24.3. The number of hydrogen-bond donors (Lipinski definition) is 3. The second kappa shape index (κ2) is 18.6. The number of carbonyl (C=O) groups excluding carboxylic acids is 2. The highest BCUT2D eigenvalue weighted by Crippen LogP contribution is 2.21. The predicted octanol–water partition coefficient (Wildman–Crippen LogP) is 5.93. The highest BCUT2D eigenvalue weighted by Gasteiger charge is 2.31. The van der Waals surface area contributed by atoms with Crippen LogP contribution < -0.4 is 10.6 Å². The summed E-state index contributed by atoms with van der Waals surface area (Å²) in [7, 11) is 0. The number of nitrogens with one attached hydrogen (secondary N) is 2. The van der Waals surface area contributed by atoms with Crippen LogP contribution in [0.15, 0.2) is 23.8 Å². The average molecular weight is 471 g/mol. The van der Waals surface area contributed by atoms with Gasteiger partial charge in [-0.15, -0.1) is 0 Å². The summed E-state index contributed by atoms with van der Waals surface area (Å²) in [5.74, 6) is -3.14. The topological polar surface area (TPSA) is 78.4 Å². The first-order chi connectivity index (χ1) is 16.0. The molecule has 2 atom stereocenters. The molecule has 0 aromatic carbocycles. The number of aliphatic hydroxyl groups is 1. The molecule has 190 valence electrons. The van der Waals surface area contributed by atoms with Crippen molar-refractivity contribution >= 4 is 11.8 Å². The minimum atomic E-state index is -0.813. The Morgan fingerprint density at radius 2 is 1.18 bits per heavy atom. The fourth-order valence-electron chi connectivity index (χ4n) is 4.13. The first kappa shape index (κ1) is 29.3. The third kappa shape index (κ3) is 13.5. The lowest BCUT2D eigenvalue weighted by Gasteiger charge is -2.21. The van der Waals surface area contributed by atoms with Gasteiger partial charge in [-0.05, 0) is 63.5 Å². The van der Waals surface area contributed by atoms with Crippen LogP contribution >= 0.6 is 0 Å². The monoisotopic (exact) mass is 470 g/mol. The second-order valence-electron chi connectivity index (χ2n) is 9.03. The van der Waals surface area contributed by atoms with E-state index in [1.807, 2.05) is 0 Å². The fraction of sp³-hybridized carbons (Fsp3) is 0.769. The molecular weight excluding hydrogens is 426 g/mol. The van der Waals surface area contributed by atoms with E-state index in [1.54, 1.807) is 0 Å². The molecule has 7 heteroatoms. The molecule has 33 heavy (non-hydrogen) atoms. The summed E-state index contributed by atoms with van der Waals surface area (Å²) in [6, 6.07) is -0.792. The van der Waals surface area contributed by atoms with E-state index in [1.165, 1.54) is 31.4 Å². The molecule has 0 heterocycles. The van der Waals surface area contributed by atoms with Gasteiger partial charge >= 0.3 is 0 Å². The second-order valence-corrected chi connectivity index (χ2v) is 9.03. The van der Waals surface area contributed by atoms with Gasteiger partial charge < -0.3 is 15.7 Å². The van der Waals surface area contributed by atoms with Crippen LogP contribution in [0.2, 0.25) is 0 Å². The number of carbonyl (C=O) groups is 2. The van der Waals surface area contributed by atoms with Crippen LogP contribution in [0.5, 0.6) is 0 Å². The number of rotatable bonds is 18. The standard InChI is InChI=1S/C26H44F2N2O3/c1-2-3-4-5-6-9-12-16-21(27)25(32)29-23-18-15-19-24(23)30-26(33)22(28)17-13-10-7-8-11-14-20-31/h16-17,23-24,31H,2-15,18-20H2,1H3,(H,29,32)(H,30,33)/b21-16-,22-17-/t23-,24+/m0/s1. The number of unbranched alkanes of at least 4 members (excludes halogenated alkanes) is 11. The van der Waals surface area contributed by atoms with E-state index in [0.717, 1.165) is 57.8 Å². The van der Waals surface area contributed by atoms with Gasteiger partial charge in [-0.2, -0.15) is 0 Å². The maximum absolute atomic E-state index is 14.1. The summed E-state index contributed by atoms with van der Waals surface area (Å²) in [5.41, 5.74) is 0. The number of allylic oxidation sites excluding steroid dienone is 2. The molecule has 0 aliphatic heterocycles. The Morgan fingerprint density at radius 3 is 1.64 bits per heavy atom. The third-order valence-electron chi connectivity index (χ3n) is 6.15. The molecule has 1 fully saturated rings. The predicted molar refractivity (Wildman–Crippen MR) is 129 cm³/mol. The maximum atomic E-state index is 14.1. The molecule has 1 saturated carbocycles. The lowest BCUT2D eigenvalue weighted by Crippen LogP contribution is -2.48. The van der Waals surface area contributed by atoms with Gasteiger partial charge in [-0.3, -0.25) is 9.59 Å². The molecule has 0 radical (unpaired) electrons. The molecule has 3 N–H and O–H groups in total. The normalized spacial score (nSPS) is 19.0. The molecule has 1 aliphatic carbocycles. The van der Waals surface area contributed by atoms with Gasteiger partial charge in [-0.25, -0.2) is 8.78 Å². The smallest absolute Gasteiger partial charge is 0.279 e. The average Bonchev–Trinajstić information content (AvgIpc) is 3.23. The van der Waals surface area contributed by atoms with Crippen molar-refractivity contribution in [3.05, 3.63) is 23.8 Å². The van der Waals surface area contributed by atoms with Crippen molar-refractivity contribution in [3.8, 4) is 0 Å². The quantitative estimate of drug-likeness (QED) is 0.172. The molecule has 1 rings (SSSR count). The van der Waals surface area contributed by atoms with Crippen molar-refractivity contribution in [1.82, 2.24) is 10.6 Å². The van der Waals surface area contributed by atoms with E-state index in [2.05, 4.69) is 17.6 Å². The molecule has 0 saturated heterocycles. The summed E-state index contributed by atoms with van der Waals surface area (Å²) >= 11 is 0. The summed E-state index contributed by atoms with van der Waals surface area (Å²) in [6.07, 6.45) is 16.7. The maximum Gasteiger partial charge on any atom is 0.279 e. The van der Waals surface area contributed by atoms with Crippen molar-refractivity contribution in [2.75, 3.05) is 6.61 Å². The first-order valence-corrected chi connectivity index (χ1v) is 12.9. The van der Waals surface area contributed by atoms with Crippen LogP contribution in [0.25, 0.3) is 0 Å². The lowest BCUT2D eigenvalue weighted by atomic mass is 10.1. The zero-order valence-corrected chi connectivity index (χ0v) is 20.3. The van der Waals surface area contributed by atoms with E-state index >= 15 is 0 Å². The number of halogens is 2. The number of hydrogen-bond acceptors (Lipinski definition) is 3. The lowest BCUT2D eigenvalue weighted by molar-refractivity contribution is -0.122. The Bertz CT molecular complexity index is 571. The molecule has 2 amide bonds. The zero-order valence-electron chi connectivity index (χ0n) is 20.3. The van der Waals surface area contributed by atoms with E-state index in [0.29, 0.717) is 25.7 Å². The molecular formula is C26H44F2N2O3. The van der Waals surface area contributed by atoms with Crippen LogP contribution in [0.1, 0.15) is 110 Å². The summed E-state index contributed by atoms with van der Waals surface area (Å²) in [4.78, 5) is 24.3. The van der Waals surface area contributed by atoms with E-state index in [-0.39, 0.29) is 6.61 Å². The van der Waals surface area contributed by atoms with Crippen molar-refractivity contribution in [2.24, 2.45) is 0 Å². The van der Waals surface area contributed by atoms with Gasteiger partial charge in [0.05, 0.1) is 0 Å². The Morgan fingerprint density at radius 1 is 0.758 bits per heavy atom. The van der Waals surface area contributed by atoms with Crippen molar-refractivity contribution < 1.29 is 23.5 Å². The molecule has 0 spiro atoms. The summed E-state index contributed by atoms with van der Waals surface area (Å²) in [5, 5.41) is 14.1. The number of aliphatic hydroxyl groups excluding tert-OH is 1. The minimum absolute atomic E-state index is 0.194. The van der Waals surface area contributed by atoms with Crippen LogP contribution in [-0.4, -0.2) is 35.6 Å². The van der Waals surface area contributed by atoms with Crippen molar-refractivity contribution in [3.63, 3.8) is 0 Å². The van der Waals surface area contributed by atoms with Crippen LogP contribution in [0.3, 0.4) is 0 Å². The molecule has 5 nitrogen and oxygen atoms in total. The molecule has 1 aliphatic rings. The Balaban J connectivity index is 2.34. The molecule has 0 unspecified atom stereocenters. The highest BCUT2D eigenvalue weighted by atomic mass is 19.1. The van der Waals surface area contributed by atoms with Gasteiger partial charge in [0.25, 0.3) is 11.8 Å². The Kier molecular flexibility index (Phi) is 16.5. The largest absolute Gasteiger partial charge is 0.396 e. The molecule has 0 bridgehead atoms. The molecule has 0 aromatic heterocycles.